The average molecular weight is 247 g/mol. The Morgan fingerprint density at radius 1 is 1.19 bits per heavy atom. The molecular formula is C13H13NS2. The van der Waals surface area contributed by atoms with E-state index < -0.39 is 0 Å². The van der Waals surface area contributed by atoms with Gasteiger partial charge in [-0.15, -0.1) is 11.8 Å². The van der Waals surface area contributed by atoms with Crippen LogP contribution in [0.25, 0.3) is 11.3 Å². The molecule has 1 heterocycles. The van der Waals surface area contributed by atoms with Crippen LogP contribution in [0.4, 0.5) is 0 Å². The lowest BCUT2D eigenvalue weighted by Crippen LogP contribution is -1.92. The van der Waals surface area contributed by atoms with E-state index in [9.17, 15) is 0 Å². The first-order valence-electron chi connectivity index (χ1n) is 5.23. The van der Waals surface area contributed by atoms with Gasteiger partial charge in [-0.3, -0.25) is 0 Å². The fraction of sp³-hybridized carbons (Fsp3) is 0.154. The molecule has 0 amide bonds. The van der Waals surface area contributed by atoms with Crippen molar-refractivity contribution in [1.29, 1.82) is 0 Å². The maximum Gasteiger partial charge on any atom is 0.0941 e. The van der Waals surface area contributed by atoms with Crippen molar-refractivity contribution in [2.45, 2.75) is 6.92 Å². The molecule has 82 valence electrons. The number of thiocarbonyl (C=S) groups is 1. The number of hydrogen-bond donors (Lipinski definition) is 1. The van der Waals surface area contributed by atoms with E-state index in [1.807, 2.05) is 24.3 Å². The molecular weight excluding hydrogens is 234 g/mol. The largest absolute Gasteiger partial charge is 0.353 e. The number of nitrogens with one attached hydrogen (secondary N) is 1. The van der Waals surface area contributed by atoms with E-state index in [0.717, 1.165) is 21.3 Å². The number of H-pyrrole nitrogens is 1. The van der Waals surface area contributed by atoms with Crippen LogP contribution in [0.5, 0.6) is 0 Å². The Balaban J connectivity index is 2.23. The Bertz CT molecular complexity index is 474. The van der Waals surface area contributed by atoms with Gasteiger partial charge in [0, 0.05) is 5.69 Å². The maximum absolute atomic E-state index is 5.31. The van der Waals surface area contributed by atoms with Gasteiger partial charge in [0.15, 0.2) is 0 Å². The summed E-state index contributed by atoms with van der Waals surface area (Å²) in [5, 5.41) is 0. The van der Waals surface area contributed by atoms with Crippen molar-refractivity contribution in [3.63, 3.8) is 0 Å². The zero-order valence-electron chi connectivity index (χ0n) is 9.07. The van der Waals surface area contributed by atoms with Crippen LogP contribution in [-0.4, -0.2) is 14.9 Å². The summed E-state index contributed by atoms with van der Waals surface area (Å²) in [6.45, 7) is 2.11. The van der Waals surface area contributed by atoms with Crippen molar-refractivity contribution in [2.75, 3.05) is 5.75 Å². The SMILES string of the molecule is CCSC(=S)c1ccc(-c2ccccc2)[nH]1. The van der Waals surface area contributed by atoms with Gasteiger partial charge in [0.2, 0.25) is 0 Å². The fourth-order valence-electron chi connectivity index (χ4n) is 1.51. The summed E-state index contributed by atoms with van der Waals surface area (Å²) in [7, 11) is 0. The van der Waals surface area contributed by atoms with E-state index in [2.05, 4.69) is 30.1 Å². The molecule has 1 nitrogen and oxygen atoms in total. The van der Waals surface area contributed by atoms with Gasteiger partial charge in [-0.05, 0) is 23.4 Å². The standard InChI is InChI=1S/C13H13NS2/c1-2-16-13(15)12-9-8-11(14-12)10-6-4-3-5-7-10/h3-9,14H,2H2,1H3. The van der Waals surface area contributed by atoms with Gasteiger partial charge in [-0.25, -0.2) is 0 Å². The molecule has 0 fully saturated rings. The minimum absolute atomic E-state index is 0.935. The molecule has 0 radical (unpaired) electrons. The van der Waals surface area contributed by atoms with Crippen LogP contribution in [0.3, 0.4) is 0 Å². The fourth-order valence-corrected chi connectivity index (χ4v) is 2.52. The molecule has 0 bridgehead atoms. The van der Waals surface area contributed by atoms with Crippen molar-refractivity contribution in [3.05, 3.63) is 48.2 Å². The van der Waals surface area contributed by atoms with Gasteiger partial charge >= 0.3 is 0 Å². The molecule has 0 atom stereocenters. The molecule has 0 saturated heterocycles. The lowest BCUT2D eigenvalue weighted by atomic mass is 10.2. The molecule has 16 heavy (non-hydrogen) atoms. The van der Waals surface area contributed by atoms with Crippen LogP contribution in [-0.2, 0) is 0 Å². The van der Waals surface area contributed by atoms with Crippen LogP contribution in [0.15, 0.2) is 42.5 Å². The van der Waals surface area contributed by atoms with Crippen molar-refractivity contribution < 1.29 is 0 Å². The Labute approximate surface area is 105 Å². The Morgan fingerprint density at radius 2 is 1.94 bits per heavy atom. The highest BCUT2D eigenvalue weighted by Crippen LogP contribution is 2.20. The number of hydrogen-bond acceptors (Lipinski definition) is 2. The first-order valence-corrected chi connectivity index (χ1v) is 6.62. The lowest BCUT2D eigenvalue weighted by molar-refractivity contribution is 1.38. The summed E-state index contributed by atoms with van der Waals surface area (Å²) in [5.74, 6) is 1.01. The molecule has 0 saturated carbocycles. The lowest BCUT2D eigenvalue weighted by Gasteiger charge is -1.99. The number of thioether (sulfide) groups is 1. The van der Waals surface area contributed by atoms with Crippen molar-refractivity contribution in [3.8, 4) is 11.3 Å². The molecule has 0 aliphatic rings. The highest BCUT2D eigenvalue weighted by atomic mass is 32.2. The van der Waals surface area contributed by atoms with Crippen molar-refractivity contribution in [1.82, 2.24) is 4.98 Å². The van der Waals surface area contributed by atoms with Crippen LogP contribution in [0, 0.1) is 0 Å². The molecule has 0 unspecified atom stereocenters. The van der Waals surface area contributed by atoms with Crippen LogP contribution in [0.1, 0.15) is 12.6 Å². The summed E-state index contributed by atoms with van der Waals surface area (Å²) in [6, 6.07) is 14.4. The van der Waals surface area contributed by atoms with E-state index in [1.54, 1.807) is 11.8 Å². The second-order valence-electron chi connectivity index (χ2n) is 3.37. The van der Waals surface area contributed by atoms with Gasteiger partial charge in [0.05, 0.1) is 9.89 Å². The minimum atomic E-state index is 0.935. The third kappa shape index (κ3) is 2.54. The molecule has 0 aliphatic carbocycles. The zero-order valence-corrected chi connectivity index (χ0v) is 10.7. The first-order chi connectivity index (χ1) is 7.81. The highest BCUT2D eigenvalue weighted by Gasteiger charge is 2.05. The second-order valence-corrected chi connectivity index (χ2v) is 5.31. The summed E-state index contributed by atoms with van der Waals surface area (Å²) in [5.41, 5.74) is 3.36. The predicted molar refractivity (Wildman–Crippen MR) is 76.1 cm³/mol. The van der Waals surface area contributed by atoms with Gasteiger partial charge in [0.1, 0.15) is 0 Å². The third-order valence-corrected chi connectivity index (χ3v) is 3.61. The van der Waals surface area contributed by atoms with Crippen LogP contribution in [0.2, 0.25) is 0 Å². The quantitative estimate of drug-likeness (QED) is 0.821. The van der Waals surface area contributed by atoms with E-state index in [-0.39, 0.29) is 0 Å². The molecule has 2 rings (SSSR count). The molecule has 3 heteroatoms. The third-order valence-electron chi connectivity index (χ3n) is 2.27. The molecule has 1 aromatic carbocycles. The molecule has 0 aliphatic heterocycles. The van der Waals surface area contributed by atoms with Gasteiger partial charge in [-0.2, -0.15) is 0 Å². The first kappa shape index (κ1) is 11.4. The van der Waals surface area contributed by atoms with E-state index in [0.29, 0.717) is 0 Å². The highest BCUT2D eigenvalue weighted by molar-refractivity contribution is 8.23. The normalized spacial score (nSPS) is 10.3. The summed E-state index contributed by atoms with van der Waals surface area (Å²) < 4.78 is 0.935. The van der Waals surface area contributed by atoms with Gasteiger partial charge < -0.3 is 4.98 Å². The smallest absolute Gasteiger partial charge is 0.0941 e. The second kappa shape index (κ2) is 5.32. The van der Waals surface area contributed by atoms with Crippen molar-refractivity contribution in [2.24, 2.45) is 0 Å². The minimum Gasteiger partial charge on any atom is -0.353 e. The molecule has 2 aromatic rings. The summed E-state index contributed by atoms with van der Waals surface area (Å²) >= 11 is 7.01. The number of rotatable bonds is 3. The van der Waals surface area contributed by atoms with E-state index in [4.69, 9.17) is 12.2 Å². The predicted octanol–water partition coefficient (Wildman–Crippen LogP) is 4.11. The van der Waals surface area contributed by atoms with Gasteiger partial charge in [0.25, 0.3) is 0 Å². The molecule has 1 N–H and O–H groups in total. The van der Waals surface area contributed by atoms with Crippen LogP contribution < -0.4 is 0 Å². The van der Waals surface area contributed by atoms with Crippen molar-refractivity contribution >= 4 is 28.2 Å². The average Bonchev–Trinajstić information content (AvgIpc) is 2.80. The van der Waals surface area contributed by atoms with Crippen LogP contribution >= 0.6 is 24.0 Å². The summed E-state index contributed by atoms with van der Waals surface area (Å²) in [6.07, 6.45) is 0. The monoisotopic (exact) mass is 247 g/mol. The molecule has 0 spiro atoms. The Kier molecular flexibility index (Phi) is 3.80. The molecule has 1 aromatic heterocycles. The maximum atomic E-state index is 5.31. The summed E-state index contributed by atoms with van der Waals surface area (Å²) in [4.78, 5) is 3.35. The van der Waals surface area contributed by atoms with E-state index in [1.165, 1.54) is 5.56 Å². The zero-order chi connectivity index (χ0) is 11.4. The van der Waals surface area contributed by atoms with E-state index >= 15 is 0 Å². The topological polar surface area (TPSA) is 15.8 Å². The number of benzene rings is 1. The van der Waals surface area contributed by atoms with Gasteiger partial charge in [-0.1, -0.05) is 49.5 Å². The Morgan fingerprint density at radius 3 is 2.62 bits per heavy atom. The number of aromatic amines is 1. The Hall–Kier alpha value is -1.06. The number of aromatic nitrogens is 1.